The van der Waals surface area contributed by atoms with E-state index in [1.165, 1.54) is 32.1 Å². The van der Waals surface area contributed by atoms with Crippen molar-refractivity contribution in [2.75, 3.05) is 0 Å². The SMILES string of the molecule is CC(C)(C(=O)NC1C2CC3CC(C2)CC1C3)c1cccc(/C=C/C(=O)O)c1. The zero-order valence-electron chi connectivity index (χ0n) is 16.2. The molecule has 0 atom stereocenters. The van der Waals surface area contributed by atoms with Gasteiger partial charge >= 0.3 is 5.97 Å². The Hall–Kier alpha value is -2.10. The van der Waals surface area contributed by atoms with Gasteiger partial charge in [0, 0.05) is 12.1 Å². The summed E-state index contributed by atoms with van der Waals surface area (Å²) in [5.41, 5.74) is 1.06. The highest BCUT2D eigenvalue weighted by Crippen LogP contribution is 2.53. The number of hydrogen-bond acceptors (Lipinski definition) is 2. The maximum absolute atomic E-state index is 13.2. The van der Waals surface area contributed by atoms with E-state index < -0.39 is 11.4 Å². The molecule has 0 heterocycles. The zero-order chi connectivity index (χ0) is 19.2. The molecule has 27 heavy (non-hydrogen) atoms. The van der Waals surface area contributed by atoms with Crippen molar-refractivity contribution in [1.82, 2.24) is 5.32 Å². The summed E-state index contributed by atoms with van der Waals surface area (Å²) in [5, 5.41) is 12.2. The molecule has 5 rings (SSSR count). The molecule has 0 saturated heterocycles. The lowest BCUT2D eigenvalue weighted by Crippen LogP contribution is -2.58. The van der Waals surface area contributed by atoms with Gasteiger partial charge in [-0.15, -0.1) is 0 Å². The van der Waals surface area contributed by atoms with Crippen LogP contribution < -0.4 is 5.32 Å². The topological polar surface area (TPSA) is 66.4 Å². The van der Waals surface area contributed by atoms with E-state index in [0.717, 1.165) is 29.0 Å². The highest BCUT2D eigenvalue weighted by atomic mass is 16.4. The van der Waals surface area contributed by atoms with Gasteiger partial charge in [-0.05, 0) is 86.8 Å². The van der Waals surface area contributed by atoms with E-state index in [1.807, 2.05) is 38.1 Å². The lowest BCUT2D eigenvalue weighted by molar-refractivity contribution is -0.131. The highest BCUT2D eigenvalue weighted by molar-refractivity contribution is 5.88. The molecule has 4 nitrogen and oxygen atoms in total. The number of hydrogen-bond donors (Lipinski definition) is 2. The normalized spacial score (nSPS) is 32.0. The fourth-order valence-electron chi connectivity index (χ4n) is 5.82. The van der Waals surface area contributed by atoms with Crippen LogP contribution in [0.5, 0.6) is 0 Å². The minimum absolute atomic E-state index is 0.0827. The zero-order valence-corrected chi connectivity index (χ0v) is 16.2. The minimum Gasteiger partial charge on any atom is -0.478 e. The molecule has 0 aromatic heterocycles. The van der Waals surface area contributed by atoms with E-state index in [2.05, 4.69) is 5.32 Å². The van der Waals surface area contributed by atoms with Crippen LogP contribution in [0.1, 0.15) is 57.1 Å². The van der Waals surface area contributed by atoms with Crippen LogP contribution in [0.2, 0.25) is 0 Å². The number of carboxylic acids is 1. The number of carbonyl (C=O) groups is 2. The third-order valence-electron chi connectivity index (χ3n) is 7.12. The molecule has 0 unspecified atom stereocenters. The first kappa shape index (κ1) is 18.3. The van der Waals surface area contributed by atoms with Crippen LogP contribution in [0.4, 0.5) is 0 Å². The van der Waals surface area contributed by atoms with Crippen molar-refractivity contribution in [2.45, 2.75) is 57.4 Å². The van der Waals surface area contributed by atoms with Crippen LogP contribution in [-0.4, -0.2) is 23.0 Å². The number of benzene rings is 1. The lowest BCUT2D eigenvalue weighted by atomic mass is 9.54. The number of carboxylic acid groups (broad SMARTS) is 1. The summed E-state index contributed by atoms with van der Waals surface area (Å²) in [4.78, 5) is 24.0. The second-order valence-corrected chi connectivity index (χ2v) is 9.35. The fourth-order valence-corrected chi connectivity index (χ4v) is 5.82. The molecule has 1 aromatic rings. The summed E-state index contributed by atoms with van der Waals surface area (Å²) in [7, 11) is 0. The standard InChI is InChI=1S/C23H29NO3/c1-23(2,19-5-3-4-14(13-19)6-7-20(25)26)22(27)24-21-17-9-15-8-16(11-17)12-18(21)10-15/h3-7,13,15-18,21H,8-12H2,1-2H3,(H,24,27)(H,25,26)/b7-6+. The molecule has 144 valence electrons. The molecule has 4 fully saturated rings. The summed E-state index contributed by atoms with van der Waals surface area (Å²) in [6.45, 7) is 3.91. The summed E-state index contributed by atoms with van der Waals surface area (Å²) >= 11 is 0. The molecule has 4 heteroatoms. The fraction of sp³-hybridized carbons (Fsp3) is 0.565. The molecular formula is C23H29NO3. The second kappa shape index (κ2) is 6.81. The molecular weight excluding hydrogens is 338 g/mol. The van der Waals surface area contributed by atoms with Gasteiger partial charge in [0.1, 0.15) is 0 Å². The van der Waals surface area contributed by atoms with Gasteiger partial charge in [-0.1, -0.05) is 24.3 Å². The van der Waals surface area contributed by atoms with Gasteiger partial charge in [0.2, 0.25) is 5.91 Å². The number of rotatable bonds is 5. The first-order valence-electron chi connectivity index (χ1n) is 10.2. The molecule has 1 aromatic carbocycles. The van der Waals surface area contributed by atoms with E-state index in [-0.39, 0.29) is 5.91 Å². The second-order valence-electron chi connectivity index (χ2n) is 9.35. The van der Waals surface area contributed by atoms with E-state index in [1.54, 1.807) is 6.08 Å². The highest BCUT2D eigenvalue weighted by Gasteiger charge is 2.49. The largest absolute Gasteiger partial charge is 0.478 e. The van der Waals surface area contributed by atoms with Crippen LogP contribution in [0.25, 0.3) is 6.08 Å². The average Bonchev–Trinajstić information content (AvgIpc) is 2.62. The molecule has 4 saturated carbocycles. The van der Waals surface area contributed by atoms with Gasteiger partial charge in [-0.2, -0.15) is 0 Å². The van der Waals surface area contributed by atoms with Crippen molar-refractivity contribution >= 4 is 18.0 Å². The minimum atomic E-state index is -0.973. The van der Waals surface area contributed by atoms with E-state index in [4.69, 9.17) is 5.11 Å². The van der Waals surface area contributed by atoms with Crippen LogP contribution in [0, 0.1) is 23.7 Å². The number of amides is 1. The third kappa shape index (κ3) is 3.54. The molecule has 4 aliphatic rings. The molecule has 0 radical (unpaired) electrons. The van der Waals surface area contributed by atoms with Crippen molar-refractivity contribution in [3.05, 3.63) is 41.5 Å². The quantitative estimate of drug-likeness (QED) is 0.773. The number of nitrogens with one attached hydrogen (secondary N) is 1. The van der Waals surface area contributed by atoms with Gasteiger partial charge in [0.25, 0.3) is 0 Å². The molecule has 2 N–H and O–H groups in total. The Morgan fingerprint density at radius 3 is 2.30 bits per heavy atom. The molecule has 0 spiro atoms. The maximum atomic E-state index is 13.2. The Labute approximate surface area is 161 Å². The Morgan fingerprint density at radius 2 is 1.70 bits per heavy atom. The predicted molar refractivity (Wildman–Crippen MR) is 105 cm³/mol. The summed E-state index contributed by atoms with van der Waals surface area (Å²) in [6, 6.07) is 7.94. The van der Waals surface area contributed by atoms with Gasteiger partial charge in [-0.3, -0.25) is 4.79 Å². The number of carbonyl (C=O) groups excluding carboxylic acids is 1. The van der Waals surface area contributed by atoms with Gasteiger partial charge < -0.3 is 10.4 Å². The van der Waals surface area contributed by atoms with Gasteiger partial charge in [0.05, 0.1) is 5.41 Å². The molecule has 1 amide bonds. The van der Waals surface area contributed by atoms with Crippen LogP contribution in [0.15, 0.2) is 30.3 Å². The lowest BCUT2D eigenvalue weighted by Gasteiger charge is -2.54. The average molecular weight is 367 g/mol. The van der Waals surface area contributed by atoms with Crippen LogP contribution in [-0.2, 0) is 15.0 Å². The molecule has 4 aliphatic carbocycles. The Balaban J connectivity index is 1.49. The van der Waals surface area contributed by atoms with Gasteiger partial charge in [-0.25, -0.2) is 4.79 Å². The molecule has 0 aliphatic heterocycles. The summed E-state index contributed by atoms with van der Waals surface area (Å²) in [6.07, 6.45) is 9.25. The van der Waals surface area contributed by atoms with Crippen molar-refractivity contribution in [2.24, 2.45) is 23.7 Å². The Morgan fingerprint density at radius 1 is 1.07 bits per heavy atom. The van der Waals surface area contributed by atoms with Crippen molar-refractivity contribution in [3.8, 4) is 0 Å². The van der Waals surface area contributed by atoms with Crippen LogP contribution >= 0.6 is 0 Å². The molecule has 4 bridgehead atoms. The van der Waals surface area contributed by atoms with Gasteiger partial charge in [0.15, 0.2) is 0 Å². The Kier molecular flexibility index (Phi) is 4.61. The van der Waals surface area contributed by atoms with E-state index >= 15 is 0 Å². The van der Waals surface area contributed by atoms with Crippen LogP contribution in [0.3, 0.4) is 0 Å². The van der Waals surface area contributed by atoms with Crippen molar-refractivity contribution in [1.29, 1.82) is 0 Å². The monoisotopic (exact) mass is 367 g/mol. The van der Waals surface area contributed by atoms with Crippen molar-refractivity contribution < 1.29 is 14.7 Å². The number of aliphatic carboxylic acids is 1. The Bertz CT molecular complexity index is 752. The predicted octanol–water partition coefficient (Wildman–Crippen LogP) is 4.00. The third-order valence-corrected chi connectivity index (χ3v) is 7.12. The first-order valence-corrected chi connectivity index (χ1v) is 10.2. The van der Waals surface area contributed by atoms with Crippen molar-refractivity contribution in [3.63, 3.8) is 0 Å². The first-order chi connectivity index (χ1) is 12.8. The summed E-state index contributed by atoms with van der Waals surface area (Å²) in [5.74, 6) is 2.22. The maximum Gasteiger partial charge on any atom is 0.328 e. The van der Waals surface area contributed by atoms with E-state index in [9.17, 15) is 9.59 Å². The smallest absolute Gasteiger partial charge is 0.328 e. The summed E-state index contributed by atoms with van der Waals surface area (Å²) < 4.78 is 0. The van der Waals surface area contributed by atoms with E-state index in [0.29, 0.717) is 17.9 Å².